The Balaban J connectivity index is 1.70. The molecule has 2 fully saturated rings. The first kappa shape index (κ1) is 22.1. The number of azo groups is 1. The summed E-state index contributed by atoms with van der Waals surface area (Å²) in [7, 11) is 0. The van der Waals surface area contributed by atoms with Crippen LogP contribution in [0.1, 0.15) is 46.5 Å². The summed E-state index contributed by atoms with van der Waals surface area (Å²) in [6, 6.07) is 0.335. The van der Waals surface area contributed by atoms with E-state index in [0.717, 1.165) is 44.3 Å². The van der Waals surface area contributed by atoms with Crippen LogP contribution in [0.15, 0.2) is 27.1 Å². The molecule has 0 aromatic heterocycles. The van der Waals surface area contributed by atoms with Crippen LogP contribution in [-0.4, -0.2) is 55.6 Å². The van der Waals surface area contributed by atoms with Crippen LogP contribution in [0.5, 0.6) is 0 Å². The minimum Gasteiger partial charge on any atom is -0.495 e. The van der Waals surface area contributed by atoms with Crippen molar-refractivity contribution in [3.63, 3.8) is 0 Å². The quantitative estimate of drug-likeness (QED) is 0.332. The number of hydrogen-bond acceptors (Lipinski definition) is 7. The van der Waals surface area contributed by atoms with Crippen molar-refractivity contribution < 1.29 is 14.6 Å². The van der Waals surface area contributed by atoms with Gasteiger partial charge in [-0.25, -0.2) is 0 Å². The minimum atomic E-state index is -0.417. The Bertz CT molecular complexity index is 636. The highest BCUT2D eigenvalue weighted by molar-refractivity contribution is 5.57. The second-order valence-corrected chi connectivity index (χ2v) is 8.82. The van der Waals surface area contributed by atoms with E-state index in [9.17, 15) is 9.90 Å². The molecular formula is C22H36N4O3. The number of ether oxygens (including phenoxy) is 1. The van der Waals surface area contributed by atoms with Gasteiger partial charge in [-0.3, -0.25) is 10.3 Å². The molecule has 1 saturated heterocycles. The van der Waals surface area contributed by atoms with Gasteiger partial charge in [-0.15, -0.1) is 0 Å². The number of rotatable bonds is 10. The number of fused-ring (bicyclic) bond motifs is 1. The number of carbonyl (C=O) groups excluding carboxylic acids is 1. The fourth-order valence-electron chi connectivity index (χ4n) is 4.58. The summed E-state index contributed by atoms with van der Waals surface area (Å²) in [5, 5.41) is 21.0. The Morgan fingerprint density at radius 2 is 2.14 bits per heavy atom. The molecule has 7 nitrogen and oxygen atoms in total. The van der Waals surface area contributed by atoms with Gasteiger partial charge in [-0.05, 0) is 62.7 Å². The van der Waals surface area contributed by atoms with Crippen molar-refractivity contribution in [2.75, 3.05) is 19.6 Å². The van der Waals surface area contributed by atoms with Crippen LogP contribution in [0, 0.1) is 29.6 Å². The molecule has 1 aliphatic heterocycles. The fraction of sp³-hybridized carbons (Fsp3) is 0.818. The number of hydrogen-bond donors (Lipinski definition) is 2. The highest BCUT2D eigenvalue weighted by atomic mass is 16.5. The number of nitrogens with one attached hydrogen (secondary N) is 1. The van der Waals surface area contributed by atoms with E-state index in [4.69, 9.17) is 9.73 Å². The van der Waals surface area contributed by atoms with Gasteiger partial charge in [0.2, 0.25) is 0 Å². The second kappa shape index (κ2) is 10.4. The molecule has 29 heavy (non-hydrogen) atoms. The average molecular weight is 405 g/mol. The van der Waals surface area contributed by atoms with Crippen LogP contribution >= 0.6 is 0 Å². The zero-order valence-electron chi connectivity index (χ0n) is 17.9. The third-order valence-corrected chi connectivity index (χ3v) is 6.56. The first-order chi connectivity index (χ1) is 14.0. The Hall–Kier alpha value is -1.60. The molecule has 7 heteroatoms. The lowest BCUT2D eigenvalue weighted by molar-refractivity contribution is -0.106. The number of aliphatic hydroxyl groups excluding tert-OH is 1. The second-order valence-electron chi connectivity index (χ2n) is 8.82. The van der Waals surface area contributed by atoms with Gasteiger partial charge >= 0.3 is 0 Å². The van der Waals surface area contributed by atoms with Gasteiger partial charge in [-0.1, -0.05) is 13.8 Å². The van der Waals surface area contributed by atoms with Crippen LogP contribution in [0.3, 0.4) is 0 Å². The molecule has 0 aromatic rings. The molecule has 1 saturated carbocycles. The van der Waals surface area contributed by atoms with Crippen molar-refractivity contribution in [3.05, 3.63) is 11.8 Å². The lowest BCUT2D eigenvalue weighted by Crippen LogP contribution is -2.24. The molecule has 2 N–H and O–H groups in total. The molecule has 0 radical (unpaired) electrons. The molecule has 1 heterocycles. The largest absolute Gasteiger partial charge is 0.495 e. The van der Waals surface area contributed by atoms with Crippen molar-refractivity contribution >= 4 is 12.5 Å². The maximum absolute atomic E-state index is 10.4. The summed E-state index contributed by atoms with van der Waals surface area (Å²) in [4.78, 5) is 15.3. The van der Waals surface area contributed by atoms with Crippen LogP contribution in [0.4, 0.5) is 0 Å². The van der Waals surface area contributed by atoms with Gasteiger partial charge in [0.25, 0.3) is 0 Å². The van der Waals surface area contributed by atoms with Gasteiger partial charge in [0, 0.05) is 18.4 Å². The number of aliphatic hydroxyl groups is 1. The van der Waals surface area contributed by atoms with Crippen LogP contribution in [-0.2, 0) is 9.53 Å². The highest BCUT2D eigenvalue weighted by Gasteiger charge is 2.49. The van der Waals surface area contributed by atoms with E-state index >= 15 is 0 Å². The van der Waals surface area contributed by atoms with Gasteiger partial charge in [0.05, 0.1) is 24.4 Å². The molecule has 0 spiro atoms. The van der Waals surface area contributed by atoms with Crippen LogP contribution in [0.25, 0.3) is 0 Å². The molecule has 0 aromatic carbocycles. The van der Waals surface area contributed by atoms with Crippen molar-refractivity contribution in [1.82, 2.24) is 5.32 Å². The predicted octanol–water partition coefficient (Wildman–Crippen LogP) is 3.00. The molecule has 2 aliphatic carbocycles. The fourth-order valence-corrected chi connectivity index (χ4v) is 4.58. The summed E-state index contributed by atoms with van der Waals surface area (Å²) < 4.78 is 6.49. The topological polar surface area (TPSA) is 95.6 Å². The van der Waals surface area contributed by atoms with Gasteiger partial charge < -0.3 is 14.6 Å². The third-order valence-electron chi connectivity index (χ3n) is 6.56. The minimum absolute atomic E-state index is 0.0751. The standard InChI is InChI=1S/C22H36N4O3/c1-4-5-23-20-8-16(14(2)12-26-25-6-7-27)9-21(19-11-18(19)20)29-15(3)17-10-22(28)24-13-17/h5,7,9,14-20,22,24,28H,4,6,8,10-13H2,1-3H3. The maximum atomic E-state index is 10.4. The zero-order valence-corrected chi connectivity index (χ0v) is 17.9. The van der Waals surface area contributed by atoms with Gasteiger partial charge in [0.15, 0.2) is 0 Å². The lowest BCUT2D eigenvalue weighted by Gasteiger charge is -2.24. The van der Waals surface area contributed by atoms with E-state index in [1.165, 1.54) is 0 Å². The zero-order chi connectivity index (χ0) is 20.8. The smallest absolute Gasteiger partial charge is 0.143 e. The van der Waals surface area contributed by atoms with E-state index in [-0.39, 0.29) is 12.6 Å². The SMILES string of the molecule is CCC=NC1CC(C(C)CN=NCC=O)C=C(OC(C)C2CNC(O)C2)C2CC12. The van der Waals surface area contributed by atoms with E-state index in [1.807, 2.05) is 6.21 Å². The number of nitrogens with zero attached hydrogens (tertiary/aromatic N) is 3. The normalized spacial score (nSPS) is 36.5. The van der Waals surface area contributed by atoms with E-state index in [1.54, 1.807) is 0 Å². The summed E-state index contributed by atoms with van der Waals surface area (Å²) in [6.45, 7) is 7.97. The molecule has 0 amide bonds. The monoisotopic (exact) mass is 404 g/mol. The number of aliphatic imine (C=N–C) groups is 1. The van der Waals surface area contributed by atoms with Crippen molar-refractivity contribution in [2.45, 2.75) is 64.8 Å². The van der Waals surface area contributed by atoms with Crippen molar-refractivity contribution in [1.29, 1.82) is 0 Å². The van der Waals surface area contributed by atoms with E-state index < -0.39 is 6.23 Å². The summed E-state index contributed by atoms with van der Waals surface area (Å²) >= 11 is 0. The average Bonchev–Trinajstić information content (AvgIpc) is 3.40. The van der Waals surface area contributed by atoms with E-state index in [0.29, 0.717) is 42.2 Å². The third kappa shape index (κ3) is 5.95. The number of carbonyl (C=O) groups is 1. The van der Waals surface area contributed by atoms with Gasteiger partial charge in [0.1, 0.15) is 19.1 Å². The first-order valence-corrected chi connectivity index (χ1v) is 11.1. The summed E-state index contributed by atoms with van der Waals surface area (Å²) in [5.74, 6) is 3.10. The van der Waals surface area contributed by atoms with Crippen molar-refractivity contribution in [3.8, 4) is 0 Å². The predicted molar refractivity (Wildman–Crippen MR) is 113 cm³/mol. The lowest BCUT2D eigenvalue weighted by atomic mass is 9.87. The van der Waals surface area contributed by atoms with Crippen LogP contribution < -0.4 is 5.32 Å². The Labute approximate surface area is 174 Å². The van der Waals surface area contributed by atoms with Crippen molar-refractivity contribution in [2.24, 2.45) is 44.8 Å². The highest BCUT2D eigenvalue weighted by Crippen LogP contribution is 2.53. The van der Waals surface area contributed by atoms with E-state index in [2.05, 4.69) is 42.4 Å². The molecule has 8 unspecified atom stereocenters. The molecule has 8 atom stereocenters. The molecular weight excluding hydrogens is 368 g/mol. The molecule has 3 rings (SSSR count). The van der Waals surface area contributed by atoms with Crippen LogP contribution in [0.2, 0.25) is 0 Å². The molecule has 0 bridgehead atoms. The Morgan fingerprint density at radius 1 is 1.31 bits per heavy atom. The van der Waals surface area contributed by atoms with Gasteiger partial charge in [-0.2, -0.15) is 10.2 Å². The summed E-state index contributed by atoms with van der Waals surface area (Å²) in [6.07, 6.45) is 8.65. The maximum Gasteiger partial charge on any atom is 0.143 e. The Kier molecular flexibility index (Phi) is 7.95. The first-order valence-electron chi connectivity index (χ1n) is 11.1. The number of aldehydes is 1. The molecule has 162 valence electrons. The summed E-state index contributed by atoms with van der Waals surface area (Å²) in [5.41, 5.74) is 0. The Morgan fingerprint density at radius 3 is 2.83 bits per heavy atom. The molecule has 3 aliphatic rings. The number of allylic oxidation sites excluding steroid dienone is 2.